The summed E-state index contributed by atoms with van der Waals surface area (Å²) in [6.45, 7) is 8.93. The summed E-state index contributed by atoms with van der Waals surface area (Å²) in [7, 11) is 0. The Labute approximate surface area is 173 Å². The molecule has 1 heterocycles. The molecule has 2 aromatic rings. The number of nitrogens with zero attached hydrogens (tertiary/aromatic N) is 1. The van der Waals surface area contributed by atoms with E-state index in [0.29, 0.717) is 19.2 Å². The van der Waals surface area contributed by atoms with Gasteiger partial charge in [0.25, 0.3) is 0 Å². The molecule has 0 atom stereocenters. The minimum absolute atomic E-state index is 0.201. The maximum Gasteiger partial charge on any atom is 0.309 e. The molecule has 4 nitrogen and oxygen atoms in total. The second kappa shape index (κ2) is 8.35. The number of ether oxygens (including phenoxy) is 1. The average molecular weight is 396 g/mol. The highest BCUT2D eigenvalue weighted by molar-refractivity contribution is 5.87. The van der Waals surface area contributed by atoms with Gasteiger partial charge in [-0.2, -0.15) is 0 Å². The van der Waals surface area contributed by atoms with Gasteiger partial charge in [0.15, 0.2) is 0 Å². The van der Waals surface area contributed by atoms with Crippen LogP contribution in [0.15, 0.2) is 30.3 Å². The maximum atomic E-state index is 11.0. The summed E-state index contributed by atoms with van der Waals surface area (Å²) in [5, 5.41) is 11.5. The molecule has 0 unspecified atom stereocenters. The summed E-state index contributed by atoms with van der Waals surface area (Å²) in [5.74, 6) is 1.74. The van der Waals surface area contributed by atoms with E-state index in [4.69, 9.17) is 9.84 Å². The zero-order chi connectivity index (χ0) is 20.5. The highest BCUT2D eigenvalue weighted by Crippen LogP contribution is 2.34. The number of fused-ring (bicyclic) bond motifs is 1. The topological polar surface area (TPSA) is 49.8 Å². The third kappa shape index (κ3) is 4.58. The lowest BCUT2D eigenvalue weighted by atomic mass is 9.80. The molecule has 1 saturated carbocycles. The Hall–Kier alpha value is -2.07. The van der Waals surface area contributed by atoms with Gasteiger partial charge in [-0.15, -0.1) is 0 Å². The average Bonchev–Trinajstić information content (AvgIpc) is 2.65. The monoisotopic (exact) mass is 395 g/mol. The Kier molecular flexibility index (Phi) is 5.82. The number of carboxylic acid groups (broad SMARTS) is 1. The molecule has 0 amide bonds. The van der Waals surface area contributed by atoms with Gasteiger partial charge >= 0.3 is 5.97 Å². The summed E-state index contributed by atoms with van der Waals surface area (Å²) < 4.78 is 6.36. The van der Waals surface area contributed by atoms with Crippen LogP contribution in [-0.4, -0.2) is 35.2 Å². The van der Waals surface area contributed by atoms with Crippen molar-refractivity contribution in [1.82, 2.24) is 4.90 Å². The summed E-state index contributed by atoms with van der Waals surface area (Å²) in [6.07, 6.45) is 5.21. The van der Waals surface area contributed by atoms with Crippen molar-refractivity contribution in [3.63, 3.8) is 0 Å². The molecular weight excluding hydrogens is 362 g/mol. The van der Waals surface area contributed by atoms with E-state index >= 15 is 0 Å². The molecule has 2 aliphatic rings. The Bertz CT molecular complexity index is 877. The predicted molar refractivity (Wildman–Crippen MR) is 116 cm³/mol. The summed E-state index contributed by atoms with van der Waals surface area (Å²) in [5.41, 5.74) is 2.48. The number of carboxylic acids is 1. The zero-order valence-electron chi connectivity index (χ0n) is 17.9. The van der Waals surface area contributed by atoms with E-state index in [9.17, 15) is 4.79 Å². The van der Waals surface area contributed by atoms with Crippen molar-refractivity contribution >= 4 is 16.7 Å². The molecule has 0 radical (unpaired) electrons. The van der Waals surface area contributed by atoms with Crippen LogP contribution in [0.1, 0.15) is 50.7 Å². The van der Waals surface area contributed by atoms with Crippen LogP contribution in [0, 0.1) is 24.7 Å². The first-order valence-electron chi connectivity index (χ1n) is 11.0. The molecule has 0 bridgehead atoms. The molecule has 29 heavy (non-hydrogen) atoms. The lowest BCUT2D eigenvalue weighted by Gasteiger charge is -2.36. The van der Waals surface area contributed by atoms with Gasteiger partial charge in [-0.25, -0.2) is 0 Å². The molecule has 1 aliphatic heterocycles. The molecule has 2 aromatic carbocycles. The number of aliphatic carboxylic acids is 1. The van der Waals surface area contributed by atoms with Gasteiger partial charge in [0.2, 0.25) is 0 Å². The van der Waals surface area contributed by atoms with Crippen LogP contribution < -0.4 is 4.74 Å². The summed E-state index contributed by atoms with van der Waals surface area (Å²) >= 11 is 0. The highest BCUT2D eigenvalue weighted by Gasteiger charge is 2.32. The van der Waals surface area contributed by atoms with E-state index < -0.39 is 5.97 Å². The minimum Gasteiger partial charge on any atom is -0.490 e. The standard InChI is InChI=1S/C25H33NO3/c1-16(2)19-6-8-22(9-7-19)29-23-10-17(3)24-11-18(4-5-20(24)12-23)13-26-14-21(15-26)25(27)28/h4-5,10-12,16,19,21-22H,6-9,13-15H2,1-3H3,(H,27,28)/t19-,22-. The number of likely N-dealkylation sites (tertiary alicyclic amines) is 1. The Morgan fingerprint density at radius 3 is 2.52 bits per heavy atom. The first-order valence-corrected chi connectivity index (χ1v) is 11.0. The fourth-order valence-electron chi connectivity index (χ4n) is 4.90. The van der Waals surface area contributed by atoms with Gasteiger partial charge in [0, 0.05) is 19.6 Å². The number of aryl methyl sites for hydroxylation is 1. The number of benzene rings is 2. The van der Waals surface area contributed by atoms with Crippen LogP contribution in [-0.2, 0) is 11.3 Å². The molecule has 1 N–H and O–H groups in total. The van der Waals surface area contributed by atoms with Crippen LogP contribution >= 0.6 is 0 Å². The van der Waals surface area contributed by atoms with Gasteiger partial charge in [0.1, 0.15) is 5.75 Å². The van der Waals surface area contributed by atoms with Crippen molar-refractivity contribution in [3.8, 4) is 5.75 Å². The number of hydrogen-bond donors (Lipinski definition) is 1. The molecule has 1 aliphatic carbocycles. The van der Waals surface area contributed by atoms with Crippen LogP contribution in [0.5, 0.6) is 5.75 Å². The number of rotatable bonds is 6. The third-order valence-electron chi connectivity index (χ3n) is 6.88. The lowest BCUT2D eigenvalue weighted by Crippen LogP contribution is -2.49. The smallest absolute Gasteiger partial charge is 0.309 e. The normalized spacial score (nSPS) is 23.3. The SMILES string of the molecule is Cc1cc(O[C@H]2CC[C@H](C(C)C)CC2)cc2ccc(CN3CC(C(=O)O)C3)cc12. The van der Waals surface area contributed by atoms with E-state index in [0.717, 1.165) is 37.0 Å². The fourth-order valence-corrected chi connectivity index (χ4v) is 4.90. The molecule has 0 spiro atoms. The van der Waals surface area contributed by atoms with Crippen molar-refractivity contribution in [2.45, 2.75) is 59.1 Å². The third-order valence-corrected chi connectivity index (χ3v) is 6.88. The number of hydrogen-bond acceptors (Lipinski definition) is 3. The van der Waals surface area contributed by atoms with Gasteiger partial charge in [-0.3, -0.25) is 9.69 Å². The van der Waals surface area contributed by atoms with E-state index in [1.807, 2.05) is 0 Å². The molecule has 156 valence electrons. The second-order valence-electron chi connectivity index (χ2n) is 9.42. The van der Waals surface area contributed by atoms with Crippen molar-refractivity contribution < 1.29 is 14.6 Å². The fraction of sp³-hybridized carbons (Fsp3) is 0.560. The first-order chi connectivity index (χ1) is 13.9. The second-order valence-corrected chi connectivity index (χ2v) is 9.42. The van der Waals surface area contributed by atoms with E-state index in [1.54, 1.807) is 0 Å². The van der Waals surface area contributed by atoms with Crippen molar-refractivity contribution in [2.24, 2.45) is 17.8 Å². The Morgan fingerprint density at radius 2 is 1.86 bits per heavy atom. The summed E-state index contributed by atoms with van der Waals surface area (Å²) in [6, 6.07) is 10.9. The zero-order valence-corrected chi connectivity index (χ0v) is 17.9. The molecule has 0 aromatic heterocycles. The van der Waals surface area contributed by atoms with Crippen LogP contribution in [0.3, 0.4) is 0 Å². The predicted octanol–water partition coefficient (Wildman–Crippen LogP) is 5.26. The van der Waals surface area contributed by atoms with E-state index in [2.05, 4.69) is 56.0 Å². The first kappa shape index (κ1) is 20.2. The van der Waals surface area contributed by atoms with Crippen LogP contribution in [0.2, 0.25) is 0 Å². The molecule has 2 fully saturated rings. The van der Waals surface area contributed by atoms with Crippen molar-refractivity contribution in [1.29, 1.82) is 0 Å². The maximum absolute atomic E-state index is 11.0. The molecular formula is C25H33NO3. The molecule has 4 rings (SSSR count). The Balaban J connectivity index is 1.41. The van der Waals surface area contributed by atoms with Gasteiger partial charge in [-0.1, -0.05) is 26.0 Å². The highest BCUT2D eigenvalue weighted by atomic mass is 16.5. The van der Waals surface area contributed by atoms with Crippen molar-refractivity contribution in [3.05, 3.63) is 41.5 Å². The molecule has 4 heteroatoms. The van der Waals surface area contributed by atoms with Gasteiger partial charge in [0.05, 0.1) is 12.0 Å². The van der Waals surface area contributed by atoms with Gasteiger partial charge < -0.3 is 9.84 Å². The summed E-state index contributed by atoms with van der Waals surface area (Å²) in [4.78, 5) is 13.2. The Morgan fingerprint density at radius 1 is 1.14 bits per heavy atom. The van der Waals surface area contributed by atoms with Crippen molar-refractivity contribution in [2.75, 3.05) is 13.1 Å². The van der Waals surface area contributed by atoms with E-state index in [-0.39, 0.29) is 5.92 Å². The molecule has 1 saturated heterocycles. The van der Waals surface area contributed by atoms with Crippen LogP contribution in [0.4, 0.5) is 0 Å². The van der Waals surface area contributed by atoms with Gasteiger partial charge in [-0.05, 0) is 84.5 Å². The van der Waals surface area contributed by atoms with Crippen LogP contribution in [0.25, 0.3) is 10.8 Å². The lowest BCUT2D eigenvalue weighted by molar-refractivity contribution is -0.147. The largest absolute Gasteiger partial charge is 0.490 e. The number of carbonyl (C=O) groups is 1. The quantitative estimate of drug-likeness (QED) is 0.725. The minimum atomic E-state index is -0.680. The van der Waals surface area contributed by atoms with E-state index in [1.165, 1.54) is 34.7 Å².